The fourth-order valence-electron chi connectivity index (χ4n) is 2.65. The van der Waals surface area contributed by atoms with E-state index in [4.69, 9.17) is 10.3 Å². The lowest BCUT2D eigenvalue weighted by Gasteiger charge is -2.24. The molecule has 3 heterocycles. The Labute approximate surface area is 129 Å². The van der Waals surface area contributed by atoms with Crippen LogP contribution in [-0.2, 0) is 4.74 Å². The van der Waals surface area contributed by atoms with Gasteiger partial charge in [-0.05, 0) is 5.53 Å². The average molecular weight is 319 g/mol. The van der Waals surface area contributed by atoms with Crippen molar-refractivity contribution in [2.75, 3.05) is 6.61 Å². The Morgan fingerprint density at radius 3 is 2.96 bits per heavy atom. The summed E-state index contributed by atoms with van der Waals surface area (Å²) in [5, 5.41) is 33.0. The van der Waals surface area contributed by atoms with E-state index in [9.17, 15) is 15.3 Å². The van der Waals surface area contributed by atoms with Gasteiger partial charge in [-0.3, -0.25) is 4.57 Å². The lowest BCUT2D eigenvalue weighted by atomic mass is 9.96. The smallest absolute Gasteiger partial charge is 0.242 e. The van der Waals surface area contributed by atoms with E-state index in [0.29, 0.717) is 0 Å². The summed E-state index contributed by atoms with van der Waals surface area (Å²) in [5.74, 6) is -1.01. The number of azide groups is 1. The van der Waals surface area contributed by atoms with E-state index in [1.165, 1.54) is 17.0 Å². The summed E-state index contributed by atoms with van der Waals surface area (Å²) in [6.45, 7) is 2.92. The van der Waals surface area contributed by atoms with Gasteiger partial charge in [0.1, 0.15) is 18.7 Å². The monoisotopic (exact) mass is 319 g/mol. The third-order valence-electron chi connectivity index (χ3n) is 3.81. The van der Waals surface area contributed by atoms with Crippen molar-refractivity contribution < 1.29 is 20.1 Å². The summed E-state index contributed by atoms with van der Waals surface area (Å²) in [5.41, 5.74) is 7.25. The van der Waals surface area contributed by atoms with E-state index in [-0.39, 0.29) is 17.0 Å². The van der Waals surface area contributed by atoms with Crippen LogP contribution in [0.2, 0.25) is 0 Å². The van der Waals surface area contributed by atoms with Crippen molar-refractivity contribution in [1.29, 1.82) is 0 Å². The largest absolute Gasteiger partial charge is 0.492 e. The van der Waals surface area contributed by atoms with Crippen LogP contribution in [0.1, 0.15) is 6.23 Å². The van der Waals surface area contributed by atoms with Gasteiger partial charge in [0.05, 0.1) is 18.9 Å². The lowest BCUT2D eigenvalue weighted by Crippen LogP contribution is -2.42. The second-order valence-corrected chi connectivity index (χ2v) is 4.98. The highest BCUT2D eigenvalue weighted by Gasteiger charge is 2.54. The third kappa shape index (κ3) is 2.11. The Kier molecular flexibility index (Phi) is 3.62. The second-order valence-electron chi connectivity index (χ2n) is 4.98. The first kappa shape index (κ1) is 15.2. The number of fused-ring (bicyclic) bond motifs is 1. The van der Waals surface area contributed by atoms with Gasteiger partial charge >= 0.3 is 0 Å². The zero-order valence-corrected chi connectivity index (χ0v) is 11.8. The predicted molar refractivity (Wildman–Crippen MR) is 75.8 cm³/mol. The van der Waals surface area contributed by atoms with Crippen molar-refractivity contribution >= 4 is 11.2 Å². The zero-order chi connectivity index (χ0) is 16.6. The number of hydrogen-bond acceptors (Lipinski definition) is 8. The van der Waals surface area contributed by atoms with Crippen molar-refractivity contribution in [3.05, 3.63) is 35.8 Å². The standard InChI is InChI=1S/C12H13N7O4/c1-2-6-8(21)12(3-20,17-18-13)23-11(6)19-5-16-7-9(19)14-4-15-10(7)22/h2,4-6,8,11,20-21H,1,3H2,(H,14,15,22)/t6-,8-,11+,12+/m0/s1. The minimum Gasteiger partial charge on any atom is -0.492 e. The Hall–Kier alpha value is -2.72. The van der Waals surface area contributed by atoms with Crippen molar-refractivity contribution in [1.82, 2.24) is 19.5 Å². The molecule has 0 amide bonds. The van der Waals surface area contributed by atoms with E-state index in [1.54, 1.807) is 0 Å². The molecule has 3 N–H and O–H groups in total. The second kappa shape index (κ2) is 5.48. The molecule has 1 aliphatic rings. The molecular weight excluding hydrogens is 306 g/mol. The van der Waals surface area contributed by atoms with Crippen molar-refractivity contribution in [3.8, 4) is 5.88 Å². The van der Waals surface area contributed by atoms with Crippen LogP contribution in [0.4, 0.5) is 0 Å². The first-order valence-electron chi connectivity index (χ1n) is 6.60. The number of aromatic hydroxyl groups is 1. The maximum Gasteiger partial charge on any atom is 0.242 e. The molecule has 2 aromatic heterocycles. The molecule has 0 aliphatic carbocycles. The van der Waals surface area contributed by atoms with Gasteiger partial charge in [0.15, 0.2) is 16.9 Å². The minimum atomic E-state index is -1.84. The van der Waals surface area contributed by atoms with Gasteiger partial charge < -0.3 is 20.1 Å². The number of aliphatic hydroxyl groups is 2. The summed E-state index contributed by atoms with van der Waals surface area (Å²) in [4.78, 5) is 14.3. The molecule has 0 bridgehead atoms. The quantitative estimate of drug-likeness (QED) is 0.314. The SMILES string of the molecule is C=C[C@@H]1[C@H](n2cnc3c(O)ncnc32)O[C@@](CO)(N=[N+]=[N-])[C@H]1O. The molecule has 0 radical (unpaired) electrons. The summed E-state index contributed by atoms with van der Waals surface area (Å²) in [7, 11) is 0. The number of aromatic nitrogens is 4. The molecule has 11 heteroatoms. The van der Waals surface area contributed by atoms with Gasteiger partial charge in [0.25, 0.3) is 0 Å². The third-order valence-corrected chi connectivity index (χ3v) is 3.81. The van der Waals surface area contributed by atoms with Gasteiger partial charge in [-0.15, -0.1) is 6.58 Å². The molecule has 0 spiro atoms. The zero-order valence-electron chi connectivity index (χ0n) is 11.8. The maximum atomic E-state index is 10.4. The first-order chi connectivity index (χ1) is 11.1. The fourth-order valence-corrected chi connectivity index (χ4v) is 2.65. The number of imidazole rings is 1. The maximum absolute atomic E-state index is 10.4. The van der Waals surface area contributed by atoms with Crippen LogP contribution < -0.4 is 0 Å². The number of rotatable bonds is 4. The first-order valence-corrected chi connectivity index (χ1v) is 6.60. The molecule has 3 rings (SSSR count). The van der Waals surface area contributed by atoms with Gasteiger partial charge in [-0.1, -0.05) is 11.2 Å². The molecule has 23 heavy (non-hydrogen) atoms. The molecule has 11 nitrogen and oxygen atoms in total. The van der Waals surface area contributed by atoms with E-state index >= 15 is 0 Å². The van der Waals surface area contributed by atoms with Gasteiger partial charge in [0, 0.05) is 4.91 Å². The average Bonchev–Trinajstić information content (AvgIpc) is 3.09. The molecule has 1 saturated heterocycles. The van der Waals surface area contributed by atoms with E-state index in [2.05, 4.69) is 31.6 Å². The van der Waals surface area contributed by atoms with Crippen molar-refractivity contribution in [2.45, 2.75) is 18.1 Å². The Morgan fingerprint density at radius 1 is 1.52 bits per heavy atom. The number of aliphatic hydroxyl groups excluding tert-OH is 2. The van der Waals surface area contributed by atoms with E-state index < -0.39 is 30.6 Å². The summed E-state index contributed by atoms with van der Waals surface area (Å²) < 4.78 is 7.08. The Balaban J connectivity index is 2.12. The molecule has 0 aromatic carbocycles. The molecule has 1 fully saturated rings. The van der Waals surface area contributed by atoms with E-state index in [1.807, 2.05) is 0 Å². The van der Waals surface area contributed by atoms with Gasteiger partial charge in [-0.25, -0.2) is 9.97 Å². The Bertz CT molecular complexity index is 802. The highest BCUT2D eigenvalue weighted by molar-refractivity contribution is 5.75. The summed E-state index contributed by atoms with van der Waals surface area (Å²) in [6.07, 6.45) is 1.71. The van der Waals surface area contributed by atoms with Crippen LogP contribution in [0.3, 0.4) is 0 Å². The summed E-state index contributed by atoms with van der Waals surface area (Å²) in [6, 6.07) is 0. The molecule has 2 aromatic rings. The van der Waals surface area contributed by atoms with E-state index in [0.717, 1.165) is 6.33 Å². The number of hydrogen-bond donors (Lipinski definition) is 3. The van der Waals surface area contributed by atoms with Gasteiger partial charge in [-0.2, -0.15) is 4.98 Å². The van der Waals surface area contributed by atoms with Crippen LogP contribution in [0, 0.1) is 5.92 Å². The van der Waals surface area contributed by atoms with Gasteiger partial charge in [0.2, 0.25) is 5.88 Å². The van der Waals surface area contributed by atoms with Crippen molar-refractivity contribution in [2.24, 2.45) is 11.0 Å². The molecule has 0 unspecified atom stereocenters. The number of nitrogens with zero attached hydrogens (tertiary/aromatic N) is 7. The molecular formula is C12H13N7O4. The van der Waals surface area contributed by atoms with Crippen LogP contribution in [-0.4, -0.2) is 53.3 Å². The number of ether oxygens (including phenoxy) is 1. The molecule has 1 aliphatic heterocycles. The van der Waals surface area contributed by atoms with Crippen LogP contribution >= 0.6 is 0 Å². The molecule has 4 atom stereocenters. The minimum absolute atomic E-state index is 0.152. The van der Waals surface area contributed by atoms with Crippen LogP contribution in [0.25, 0.3) is 21.6 Å². The normalized spacial score (nSPS) is 30.3. The van der Waals surface area contributed by atoms with Crippen molar-refractivity contribution in [3.63, 3.8) is 0 Å². The predicted octanol–water partition coefficient (Wildman–Crippen LogP) is 0.223. The topological polar surface area (TPSA) is 162 Å². The highest BCUT2D eigenvalue weighted by Crippen LogP contribution is 2.44. The molecule has 120 valence electrons. The highest BCUT2D eigenvalue weighted by atomic mass is 16.6. The lowest BCUT2D eigenvalue weighted by molar-refractivity contribution is -0.122. The van der Waals surface area contributed by atoms with Crippen LogP contribution in [0.15, 0.2) is 30.4 Å². The fraction of sp³-hybridized carbons (Fsp3) is 0.417. The molecule has 0 saturated carbocycles. The van der Waals surface area contributed by atoms with Crippen LogP contribution in [0.5, 0.6) is 5.88 Å². The Morgan fingerprint density at radius 2 is 2.30 bits per heavy atom. The summed E-state index contributed by atoms with van der Waals surface area (Å²) >= 11 is 0.